The molecule has 0 aromatic heterocycles. The molecule has 122 valence electrons. The van der Waals surface area contributed by atoms with Crippen molar-refractivity contribution in [3.05, 3.63) is 59.1 Å². The predicted molar refractivity (Wildman–Crippen MR) is 91.1 cm³/mol. The third-order valence-electron chi connectivity index (χ3n) is 3.40. The molecule has 2 aromatic carbocycles. The number of hydrogen-bond acceptors (Lipinski definition) is 3. The van der Waals surface area contributed by atoms with Gasteiger partial charge in [-0.1, -0.05) is 35.9 Å². The Morgan fingerprint density at radius 3 is 2.43 bits per heavy atom. The zero-order chi connectivity index (χ0) is 16.7. The van der Waals surface area contributed by atoms with Gasteiger partial charge in [-0.15, -0.1) is 0 Å². The van der Waals surface area contributed by atoms with Gasteiger partial charge in [0, 0.05) is 5.02 Å². The number of nitrogens with one attached hydrogen (secondary N) is 1. The van der Waals surface area contributed by atoms with Crippen molar-refractivity contribution in [2.24, 2.45) is 0 Å². The van der Waals surface area contributed by atoms with Crippen molar-refractivity contribution < 1.29 is 14.3 Å². The van der Waals surface area contributed by atoms with Gasteiger partial charge in [0.05, 0.1) is 26.2 Å². The lowest BCUT2D eigenvalue weighted by atomic mass is 10.1. The van der Waals surface area contributed by atoms with Crippen LogP contribution >= 0.6 is 11.6 Å². The van der Waals surface area contributed by atoms with Crippen LogP contribution in [0.25, 0.3) is 0 Å². The summed E-state index contributed by atoms with van der Waals surface area (Å²) >= 11 is 5.86. The van der Waals surface area contributed by atoms with Gasteiger partial charge < -0.3 is 14.8 Å². The molecule has 4 nitrogen and oxygen atoms in total. The number of amides is 1. The molecule has 5 heteroatoms. The normalized spacial score (nSPS) is 11.6. The van der Waals surface area contributed by atoms with E-state index in [9.17, 15) is 4.79 Å². The predicted octanol–water partition coefficient (Wildman–Crippen LogP) is 3.99. The summed E-state index contributed by atoms with van der Waals surface area (Å²) in [5, 5.41) is 3.62. The third-order valence-corrected chi connectivity index (χ3v) is 3.66. The molecule has 0 heterocycles. The standard InChI is InChI=1S/C18H20ClNO3/c1-13(14-7-9-15(19)10-8-14)20-18(21)11-12-23-17-6-4-3-5-16(17)22-2/h3-10,13H,11-12H2,1-2H3,(H,20,21). The smallest absolute Gasteiger partial charge is 0.223 e. The molecule has 1 atom stereocenters. The lowest BCUT2D eigenvalue weighted by molar-refractivity contribution is -0.122. The van der Waals surface area contributed by atoms with Gasteiger partial charge in [-0.25, -0.2) is 0 Å². The number of benzene rings is 2. The van der Waals surface area contributed by atoms with E-state index < -0.39 is 0 Å². The number of methoxy groups -OCH3 is 1. The first-order valence-corrected chi connectivity index (χ1v) is 7.78. The second-order valence-electron chi connectivity index (χ2n) is 5.09. The number of carbonyl (C=O) groups excluding carboxylic acids is 1. The Labute approximate surface area is 141 Å². The van der Waals surface area contributed by atoms with Crippen LogP contribution in [0.3, 0.4) is 0 Å². The molecule has 0 aliphatic rings. The van der Waals surface area contributed by atoms with E-state index in [1.165, 1.54) is 0 Å². The lowest BCUT2D eigenvalue weighted by Crippen LogP contribution is -2.27. The summed E-state index contributed by atoms with van der Waals surface area (Å²) in [7, 11) is 1.59. The van der Waals surface area contributed by atoms with Crippen molar-refractivity contribution in [2.45, 2.75) is 19.4 Å². The molecule has 0 aliphatic heterocycles. The lowest BCUT2D eigenvalue weighted by Gasteiger charge is -2.15. The highest BCUT2D eigenvalue weighted by atomic mass is 35.5. The molecule has 0 spiro atoms. The van der Waals surface area contributed by atoms with Crippen molar-refractivity contribution >= 4 is 17.5 Å². The number of hydrogen-bond donors (Lipinski definition) is 1. The van der Waals surface area contributed by atoms with Gasteiger partial charge in [0.15, 0.2) is 11.5 Å². The molecule has 1 N–H and O–H groups in total. The van der Waals surface area contributed by atoms with Crippen LogP contribution in [-0.4, -0.2) is 19.6 Å². The zero-order valence-electron chi connectivity index (χ0n) is 13.2. The summed E-state index contributed by atoms with van der Waals surface area (Å²) < 4.78 is 10.8. The largest absolute Gasteiger partial charge is 0.493 e. The van der Waals surface area contributed by atoms with E-state index in [0.717, 1.165) is 5.56 Å². The number of halogens is 1. The molecule has 1 unspecified atom stereocenters. The molecule has 0 fully saturated rings. The Hall–Kier alpha value is -2.20. The number of carbonyl (C=O) groups is 1. The molecule has 0 radical (unpaired) electrons. The molecule has 0 bridgehead atoms. The van der Waals surface area contributed by atoms with Crippen LogP contribution < -0.4 is 14.8 Å². The first-order valence-electron chi connectivity index (χ1n) is 7.41. The van der Waals surface area contributed by atoms with Gasteiger partial charge in [0.1, 0.15) is 0 Å². The first-order chi connectivity index (χ1) is 11.1. The van der Waals surface area contributed by atoms with E-state index >= 15 is 0 Å². The van der Waals surface area contributed by atoms with Crippen molar-refractivity contribution in [3.63, 3.8) is 0 Å². The highest BCUT2D eigenvalue weighted by Gasteiger charge is 2.10. The van der Waals surface area contributed by atoms with Crippen molar-refractivity contribution in [1.29, 1.82) is 0 Å². The molecule has 1 amide bonds. The molecule has 0 saturated heterocycles. The zero-order valence-corrected chi connectivity index (χ0v) is 14.0. The monoisotopic (exact) mass is 333 g/mol. The second-order valence-corrected chi connectivity index (χ2v) is 5.53. The van der Waals surface area contributed by atoms with E-state index in [0.29, 0.717) is 23.1 Å². The molecule has 2 aromatic rings. The summed E-state index contributed by atoms with van der Waals surface area (Å²) in [6, 6.07) is 14.7. The maximum atomic E-state index is 12.0. The summed E-state index contributed by atoms with van der Waals surface area (Å²) in [5.74, 6) is 1.22. The SMILES string of the molecule is COc1ccccc1OCCC(=O)NC(C)c1ccc(Cl)cc1. The van der Waals surface area contributed by atoms with Crippen molar-refractivity contribution in [3.8, 4) is 11.5 Å². The van der Waals surface area contributed by atoms with Crippen LogP contribution in [0.15, 0.2) is 48.5 Å². The molecule has 0 aliphatic carbocycles. The quantitative estimate of drug-likeness (QED) is 0.833. The fraction of sp³-hybridized carbons (Fsp3) is 0.278. The van der Waals surface area contributed by atoms with Crippen LogP contribution in [0, 0.1) is 0 Å². The van der Waals surface area contributed by atoms with Gasteiger partial charge >= 0.3 is 0 Å². The van der Waals surface area contributed by atoms with Crippen molar-refractivity contribution in [1.82, 2.24) is 5.32 Å². The van der Waals surface area contributed by atoms with Gasteiger partial charge in [-0.2, -0.15) is 0 Å². The summed E-state index contributed by atoms with van der Waals surface area (Å²) in [6.45, 7) is 2.22. The summed E-state index contributed by atoms with van der Waals surface area (Å²) in [6.07, 6.45) is 0.274. The van der Waals surface area contributed by atoms with Gasteiger partial charge in [0.25, 0.3) is 0 Å². The summed E-state index contributed by atoms with van der Waals surface area (Å²) in [5.41, 5.74) is 1.01. The minimum Gasteiger partial charge on any atom is -0.493 e. The highest BCUT2D eigenvalue weighted by molar-refractivity contribution is 6.30. The minimum atomic E-state index is -0.0778. The minimum absolute atomic E-state index is 0.0673. The average Bonchev–Trinajstić information content (AvgIpc) is 2.55. The van der Waals surface area contributed by atoms with Crippen LogP contribution in [-0.2, 0) is 4.79 Å². The van der Waals surface area contributed by atoms with Gasteiger partial charge in [0.2, 0.25) is 5.91 Å². The highest BCUT2D eigenvalue weighted by Crippen LogP contribution is 2.25. The third kappa shape index (κ3) is 5.18. The average molecular weight is 334 g/mol. The Balaban J connectivity index is 1.80. The van der Waals surface area contributed by atoms with E-state index in [4.69, 9.17) is 21.1 Å². The Kier molecular flexibility index (Phi) is 6.29. The maximum Gasteiger partial charge on any atom is 0.223 e. The maximum absolute atomic E-state index is 12.0. The second kappa shape index (κ2) is 8.44. The van der Waals surface area contributed by atoms with Gasteiger partial charge in [-0.3, -0.25) is 4.79 Å². The Bertz CT molecular complexity index is 643. The number of rotatable bonds is 7. The topological polar surface area (TPSA) is 47.6 Å². The molecule has 23 heavy (non-hydrogen) atoms. The van der Waals surface area contributed by atoms with Crippen LogP contribution in [0.4, 0.5) is 0 Å². The number of para-hydroxylation sites is 2. The molecular weight excluding hydrogens is 314 g/mol. The molecule has 0 saturated carbocycles. The fourth-order valence-electron chi connectivity index (χ4n) is 2.14. The van der Waals surface area contributed by atoms with E-state index in [2.05, 4.69) is 5.32 Å². The van der Waals surface area contributed by atoms with Crippen LogP contribution in [0.1, 0.15) is 24.9 Å². The van der Waals surface area contributed by atoms with Gasteiger partial charge in [-0.05, 0) is 36.8 Å². The van der Waals surface area contributed by atoms with Crippen LogP contribution in [0.5, 0.6) is 11.5 Å². The van der Waals surface area contributed by atoms with E-state index in [-0.39, 0.29) is 18.4 Å². The first kappa shape index (κ1) is 17.2. The Morgan fingerprint density at radius 2 is 1.78 bits per heavy atom. The van der Waals surface area contributed by atoms with Crippen molar-refractivity contribution in [2.75, 3.05) is 13.7 Å². The molecule has 2 rings (SSSR count). The summed E-state index contributed by atoms with van der Waals surface area (Å²) in [4.78, 5) is 12.0. The number of ether oxygens (including phenoxy) is 2. The van der Waals surface area contributed by atoms with E-state index in [1.54, 1.807) is 7.11 Å². The fourth-order valence-corrected chi connectivity index (χ4v) is 2.27. The molecular formula is C18H20ClNO3. The Morgan fingerprint density at radius 1 is 1.13 bits per heavy atom. The van der Waals surface area contributed by atoms with E-state index in [1.807, 2.05) is 55.5 Å². The van der Waals surface area contributed by atoms with Crippen LogP contribution in [0.2, 0.25) is 5.02 Å².